The number of piperidine rings is 1. The van der Waals surface area contributed by atoms with Crippen molar-refractivity contribution in [3.8, 4) is 11.1 Å². The molecule has 1 saturated carbocycles. The number of anilines is 1. The van der Waals surface area contributed by atoms with Gasteiger partial charge in [-0.2, -0.15) is 19.0 Å². The summed E-state index contributed by atoms with van der Waals surface area (Å²) in [6.07, 6.45) is 7.93. The number of benzene rings is 1. The molecule has 3 fully saturated rings. The van der Waals surface area contributed by atoms with Gasteiger partial charge in [-0.1, -0.05) is 18.2 Å². The van der Waals surface area contributed by atoms with Gasteiger partial charge in [0.15, 0.2) is 5.82 Å². The van der Waals surface area contributed by atoms with Crippen LogP contribution in [0.1, 0.15) is 49.4 Å². The first-order chi connectivity index (χ1) is 20.2. The summed E-state index contributed by atoms with van der Waals surface area (Å²) in [5.41, 5.74) is 4.73. The standard InChI is InChI=1S/C30H38ClF2N7O2/c1-4-24(41)38-10-6-21(7-11-38)40-20(3)25(26-22-17-34-35-23(22)16-19(2)27(26)31)28(36-40)39-13-12-37(14-15-42-29(32)33)18-30(39)8-5-9-30/h4,16-17,21,29H,1,5-15,18H2,2-3H3,(H,34,35). The van der Waals surface area contributed by atoms with E-state index < -0.39 is 6.61 Å². The van der Waals surface area contributed by atoms with Crippen molar-refractivity contribution in [2.45, 2.75) is 64.1 Å². The van der Waals surface area contributed by atoms with E-state index in [4.69, 9.17) is 16.7 Å². The second-order valence-corrected chi connectivity index (χ2v) is 12.2. The van der Waals surface area contributed by atoms with Crippen LogP contribution >= 0.6 is 11.6 Å². The molecule has 1 N–H and O–H groups in total. The van der Waals surface area contributed by atoms with Crippen molar-refractivity contribution in [1.29, 1.82) is 0 Å². The molecule has 2 aliphatic heterocycles. The molecule has 3 aliphatic rings. The average Bonchev–Trinajstić information content (AvgIpc) is 3.56. The molecule has 226 valence electrons. The van der Waals surface area contributed by atoms with Gasteiger partial charge in [0.25, 0.3) is 0 Å². The highest BCUT2D eigenvalue weighted by Gasteiger charge is 2.48. The van der Waals surface area contributed by atoms with Crippen LogP contribution in [0.3, 0.4) is 0 Å². The zero-order valence-corrected chi connectivity index (χ0v) is 25.0. The molecule has 1 aromatic carbocycles. The number of carbonyl (C=O) groups is 1. The minimum Gasteiger partial charge on any atom is -0.346 e. The molecule has 6 rings (SSSR count). The van der Waals surface area contributed by atoms with Crippen LogP contribution in [0.25, 0.3) is 22.0 Å². The molecule has 1 aliphatic carbocycles. The summed E-state index contributed by atoms with van der Waals surface area (Å²) in [6, 6.07) is 2.16. The highest BCUT2D eigenvalue weighted by Crippen LogP contribution is 2.49. The second kappa shape index (κ2) is 11.6. The Morgan fingerprint density at radius 1 is 1.24 bits per heavy atom. The normalized spacial score (nSPS) is 19.7. The third kappa shape index (κ3) is 5.09. The van der Waals surface area contributed by atoms with E-state index in [0.29, 0.717) is 24.7 Å². The zero-order chi connectivity index (χ0) is 29.6. The number of piperazine rings is 1. The predicted molar refractivity (Wildman–Crippen MR) is 159 cm³/mol. The predicted octanol–water partition coefficient (Wildman–Crippen LogP) is 5.33. The molecule has 4 heterocycles. The first kappa shape index (κ1) is 29.1. The van der Waals surface area contributed by atoms with Gasteiger partial charge in [-0.25, -0.2) is 0 Å². The summed E-state index contributed by atoms with van der Waals surface area (Å²) < 4.78 is 32.0. The molecule has 42 heavy (non-hydrogen) atoms. The summed E-state index contributed by atoms with van der Waals surface area (Å²) in [5.74, 6) is 0.875. The molecule has 0 unspecified atom stereocenters. The van der Waals surface area contributed by atoms with E-state index in [1.807, 2.05) is 24.1 Å². The van der Waals surface area contributed by atoms with Crippen LogP contribution in [0, 0.1) is 13.8 Å². The first-order valence-electron chi connectivity index (χ1n) is 14.7. The van der Waals surface area contributed by atoms with Gasteiger partial charge in [0, 0.05) is 61.5 Å². The van der Waals surface area contributed by atoms with Gasteiger partial charge in [0.1, 0.15) is 0 Å². The molecular weight excluding hydrogens is 564 g/mol. The highest BCUT2D eigenvalue weighted by molar-refractivity contribution is 6.36. The molecule has 0 radical (unpaired) electrons. The first-order valence-corrected chi connectivity index (χ1v) is 15.1. The van der Waals surface area contributed by atoms with E-state index >= 15 is 0 Å². The van der Waals surface area contributed by atoms with Crippen molar-refractivity contribution in [3.05, 3.63) is 41.2 Å². The van der Waals surface area contributed by atoms with E-state index in [1.165, 1.54) is 6.08 Å². The van der Waals surface area contributed by atoms with Crippen LogP contribution in [0.4, 0.5) is 14.6 Å². The van der Waals surface area contributed by atoms with Gasteiger partial charge in [-0.15, -0.1) is 0 Å². The van der Waals surface area contributed by atoms with Crippen LogP contribution in [-0.2, 0) is 9.53 Å². The summed E-state index contributed by atoms with van der Waals surface area (Å²) in [6.45, 7) is 9.03. The number of ether oxygens (including phenoxy) is 1. The molecule has 1 amide bonds. The lowest BCUT2D eigenvalue weighted by Gasteiger charge is -2.56. The molecule has 3 aromatic rings. The molecule has 2 aromatic heterocycles. The highest BCUT2D eigenvalue weighted by atomic mass is 35.5. The summed E-state index contributed by atoms with van der Waals surface area (Å²) in [7, 11) is 0. The molecule has 12 heteroatoms. The second-order valence-electron chi connectivity index (χ2n) is 11.8. The number of alkyl halides is 2. The number of nitrogens with one attached hydrogen (secondary N) is 1. The number of fused-ring (bicyclic) bond motifs is 1. The van der Waals surface area contributed by atoms with E-state index in [-0.39, 0.29) is 24.1 Å². The topological polar surface area (TPSA) is 82.5 Å². The van der Waals surface area contributed by atoms with Crippen molar-refractivity contribution < 1.29 is 18.3 Å². The molecule has 0 atom stereocenters. The number of hydrogen-bond acceptors (Lipinski definition) is 6. The maximum absolute atomic E-state index is 12.6. The number of aryl methyl sites for hydroxylation is 1. The lowest BCUT2D eigenvalue weighted by atomic mass is 9.73. The minimum absolute atomic E-state index is 0.0111. The fourth-order valence-electron chi connectivity index (χ4n) is 7.11. The smallest absolute Gasteiger partial charge is 0.345 e. The number of nitrogens with zero attached hydrogens (tertiary/aromatic N) is 6. The van der Waals surface area contributed by atoms with Crippen molar-refractivity contribution >= 4 is 34.2 Å². The Kier molecular flexibility index (Phi) is 8.01. The number of hydrogen-bond donors (Lipinski definition) is 1. The molecule has 2 saturated heterocycles. The number of H-pyrrole nitrogens is 1. The Balaban J connectivity index is 1.41. The molecule has 9 nitrogen and oxygen atoms in total. The lowest BCUT2D eigenvalue weighted by Crippen LogP contribution is -2.66. The fraction of sp³-hybridized carbons (Fsp3) is 0.567. The lowest BCUT2D eigenvalue weighted by molar-refractivity contribution is -0.133. The number of amides is 1. The Hall–Kier alpha value is -3.02. The van der Waals surface area contributed by atoms with E-state index in [1.54, 1.807) is 0 Å². The largest absolute Gasteiger partial charge is 0.346 e. The van der Waals surface area contributed by atoms with Gasteiger partial charge >= 0.3 is 6.61 Å². The van der Waals surface area contributed by atoms with Crippen LogP contribution in [0.2, 0.25) is 5.02 Å². The SMILES string of the molecule is C=CC(=O)N1CCC(n2nc(N3CCN(CCOC(F)F)CC34CCC4)c(-c3c(Cl)c(C)cc4[nH]ncc34)c2C)CC1. The molecule has 1 spiro atoms. The number of halogens is 3. The van der Waals surface area contributed by atoms with Crippen molar-refractivity contribution in [3.63, 3.8) is 0 Å². The third-order valence-corrected chi connectivity index (χ3v) is 9.95. The van der Waals surface area contributed by atoms with Crippen molar-refractivity contribution in [1.82, 2.24) is 29.8 Å². The van der Waals surface area contributed by atoms with Crippen molar-refractivity contribution in [2.24, 2.45) is 0 Å². The van der Waals surface area contributed by atoms with Crippen LogP contribution in [-0.4, -0.2) is 93.7 Å². The van der Waals surface area contributed by atoms with E-state index in [2.05, 4.69) is 42.9 Å². The van der Waals surface area contributed by atoms with Gasteiger partial charge in [0.05, 0.1) is 34.9 Å². The average molecular weight is 602 g/mol. The Bertz CT molecular complexity index is 1480. The molecule has 0 bridgehead atoms. The maximum Gasteiger partial charge on any atom is 0.345 e. The van der Waals surface area contributed by atoms with Gasteiger partial charge < -0.3 is 14.5 Å². The van der Waals surface area contributed by atoms with Crippen LogP contribution in [0.15, 0.2) is 24.9 Å². The zero-order valence-electron chi connectivity index (χ0n) is 24.2. The number of rotatable bonds is 8. The number of carbonyl (C=O) groups excluding carboxylic acids is 1. The van der Waals surface area contributed by atoms with Gasteiger partial charge in [-0.05, 0) is 63.7 Å². The van der Waals surface area contributed by atoms with E-state index in [0.717, 1.165) is 90.8 Å². The summed E-state index contributed by atoms with van der Waals surface area (Å²) >= 11 is 7.10. The van der Waals surface area contributed by atoms with Gasteiger partial charge in [0.2, 0.25) is 5.91 Å². The van der Waals surface area contributed by atoms with E-state index in [9.17, 15) is 13.6 Å². The van der Waals surface area contributed by atoms with Gasteiger partial charge in [-0.3, -0.25) is 19.5 Å². The monoisotopic (exact) mass is 601 g/mol. The summed E-state index contributed by atoms with van der Waals surface area (Å²) in [4.78, 5) is 18.8. The fourth-order valence-corrected chi connectivity index (χ4v) is 7.36. The van der Waals surface area contributed by atoms with Crippen LogP contribution in [0.5, 0.6) is 0 Å². The third-order valence-electron chi connectivity index (χ3n) is 9.46. The van der Waals surface area contributed by atoms with Crippen molar-refractivity contribution in [2.75, 3.05) is 50.8 Å². The molecular formula is C30H38ClF2N7O2. The summed E-state index contributed by atoms with van der Waals surface area (Å²) in [5, 5.41) is 14.4. The number of likely N-dealkylation sites (tertiary alicyclic amines) is 1. The van der Waals surface area contributed by atoms with Crippen LogP contribution < -0.4 is 4.90 Å². The Morgan fingerprint density at radius 3 is 2.67 bits per heavy atom. The quantitative estimate of drug-likeness (QED) is 0.352. The number of aromatic nitrogens is 4. The Labute approximate surface area is 249 Å². The maximum atomic E-state index is 12.6. The Morgan fingerprint density at radius 2 is 2.00 bits per heavy atom. The number of aromatic amines is 1. The minimum atomic E-state index is -2.75.